The van der Waals surface area contributed by atoms with Gasteiger partial charge in [-0.05, 0) is 47.5 Å². The molecule has 3 aromatic carbocycles. The molecule has 1 aliphatic heterocycles. The fourth-order valence-electron chi connectivity index (χ4n) is 4.38. The predicted octanol–water partition coefficient (Wildman–Crippen LogP) is 4.83. The largest absolute Gasteiger partial charge is 0.339 e. The lowest BCUT2D eigenvalue weighted by atomic mass is 9.98. The zero-order valence-corrected chi connectivity index (χ0v) is 19.5. The number of alkyl halides is 2. The topological polar surface area (TPSA) is 69.3 Å². The molecule has 0 aliphatic carbocycles. The fraction of sp³-hybridized carbons (Fsp3) is 0.179. The van der Waals surface area contributed by atoms with Gasteiger partial charge in [0.25, 0.3) is 17.4 Å². The second-order valence-electron chi connectivity index (χ2n) is 8.67. The standard InChI is InChI=1S/C28H24F2N4O2/c1-2-28(29,30)22-10-6-8-20(18-22)19-7-5-9-21(17-19)26(36)33-13-15-34(16-14-33)27-31-24-12-4-3-11-23(24)25(35)32-27/h2-12,17-18H,1,13-16H2,(H,31,32,35). The molecule has 0 spiro atoms. The van der Waals surface area contributed by atoms with Crippen molar-refractivity contribution >= 4 is 22.8 Å². The highest BCUT2D eigenvalue weighted by atomic mass is 19.3. The Morgan fingerprint density at radius 2 is 1.64 bits per heavy atom. The molecule has 0 bridgehead atoms. The molecule has 8 heteroatoms. The van der Waals surface area contributed by atoms with E-state index in [9.17, 15) is 18.4 Å². The number of anilines is 1. The number of carbonyl (C=O) groups is 1. The average molecular weight is 487 g/mol. The van der Waals surface area contributed by atoms with Gasteiger partial charge in [-0.25, -0.2) is 4.98 Å². The molecule has 0 unspecified atom stereocenters. The molecular formula is C28H24F2N4O2. The van der Waals surface area contributed by atoms with Gasteiger partial charge < -0.3 is 9.80 Å². The molecule has 4 aromatic rings. The number of benzene rings is 3. The highest BCUT2D eigenvalue weighted by molar-refractivity contribution is 5.95. The SMILES string of the molecule is C=CC(F)(F)c1cccc(-c2cccc(C(=O)N3CCN(c4nc5ccccc5c(=O)[nH]4)CC3)c2)c1. The fourth-order valence-corrected chi connectivity index (χ4v) is 4.38. The normalized spacial score (nSPS) is 14.2. The molecule has 1 aromatic heterocycles. The first kappa shape index (κ1) is 23.4. The molecular weight excluding hydrogens is 462 g/mol. The van der Waals surface area contributed by atoms with Crippen LogP contribution in [-0.4, -0.2) is 47.0 Å². The number of rotatable bonds is 5. The van der Waals surface area contributed by atoms with Crippen molar-refractivity contribution in [2.45, 2.75) is 5.92 Å². The van der Waals surface area contributed by atoms with E-state index in [1.165, 1.54) is 12.1 Å². The number of aromatic amines is 1. The first-order chi connectivity index (χ1) is 17.4. The Bertz CT molecular complexity index is 1510. The molecule has 182 valence electrons. The van der Waals surface area contributed by atoms with E-state index in [2.05, 4.69) is 16.5 Å². The third kappa shape index (κ3) is 4.49. The van der Waals surface area contributed by atoms with Crippen LogP contribution in [0.15, 0.2) is 90.2 Å². The number of H-pyrrole nitrogens is 1. The highest BCUT2D eigenvalue weighted by Gasteiger charge is 2.27. The van der Waals surface area contributed by atoms with Crippen LogP contribution in [0.5, 0.6) is 0 Å². The van der Waals surface area contributed by atoms with Crippen LogP contribution >= 0.6 is 0 Å². The number of aromatic nitrogens is 2. The van der Waals surface area contributed by atoms with Crippen molar-refractivity contribution in [3.8, 4) is 11.1 Å². The van der Waals surface area contributed by atoms with Crippen LogP contribution in [0, 0.1) is 0 Å². The van der Waals surface area contributed by atoms with Crippen molar-refractivity contribution in [2.75, 3.05) is 31.1 Å². The lowest BCUT2D eigenvalue weighted by Gasteiger charge is -2.35. The molecule has 5 rings (SSSR count). The average Bonchev–Trinajstić information content (AvgIpc) is 2.93. The van der Waals surface area contributed by atoms with Crippen LogP contribution in [-0.2, 0) is 5.92 Å². The van der Waals surface area contributed by atoms with E-state index in [1.54, 1.807) is 59.5 Å². The summed E-state index contributed by atoms with van der Waals surface area (Å²) in [5.41, 5.74) is 2.04. The second kappa shape index (κ2) is 9.37. The lowest BCUT2D eigenvalue weighted by molar-refractivity contribution is 0.0526. The molecule has 0 saturated carbocycles. The van der Waals surface area contributed by atoms with Gasteiger partial charge >= 0.3 is 0 Å². The summed E-state index contributed by atoms with van der Waals surface area (Å²) in [6.07, 6.45) is 0.620. The summed E-state index contributed by atoms with van der Waals surface area (Å²) in [5, 5.41) is 0.536. The Hall–Kier alpha value is -4.33. The van der Waals surface area contributed by atoms with Gasteiger partial charge in [0.1, 0.15) is 0 Å². The minimum Gasteiger partial charge on any atom is -0.339 e. The third-order valence-corrected chi connectivity index (χ3v) is 6.41. The minimum absolute atomic E-state index is 0.135. The number of amides is 1. The van der Waals surface area contributed by atoms with Crippen LogP contribution in [0.25, 0.3) is 22.0 Å². The first-order valence-corrected chi connectivity index (χ1v) is 11.6. The Morgan fingerprint density at radius 3 is 2.39 bits per heavy atom. The van der Waals surface area contributed by atoms with E-state index in [0.29, 0.717) is 65.8 Å². The maximum Gasteiger partial charge on any atom is 0.291 e. The van der Waals surface area contributed by atoms with Crippen LogP contribution in [0.1, 0.15) is 15.9 Å². The molecule has 36 heavy (non-hydrogen) atoms. The van der Waals surface area contributed by atoms with E-state index in [-0.39, 0.29) is 17.0 Å². The number of hydrogen-bond donors (Lipinski definition) is 1. The number of nitrogens with one attached hydrogen (secondary N) is 1. The Kier molecular flexibility index (Phi) is 6.10. The Balaban J connectivity index is 1.31. The van der Waals surface area contributed by atoms with Crippen LogP contribution < -0.4 is 10.5 Å². The smallest absolute Gasteiger partial charge is 0.291 e. The van der Waals surface area contributed by atoms with Gasteiger partial charge in [-0.2, -0.15) is 8.78 Å². The molecule has 2 heterocycles. The van der Waals surface area contributed by atoms with Gasteiger partial charge in [0.15, 0.2) is 0 Å². The van der Waals surface area contributed by atoms with E-state index in [1.807, 2.05) is 11.0 Å². The summed E-state index contributed by atoms with van der Waals surface area (Å²) < 4.78 is 28.2. The van der Waals surface area contributed by atoms with Gasteiger partial charge in [-0.15, -0.1) is 0 Å². The zero-order valence-electron chi connectivity index (χ0n) is 19.5. The summed E-state index contributed by atoms with van der Waals surface area (Å²) in [5.74, 6) is -2.78. The number of hydrogen-bond acceptors (Lipinski definition) is 4. The number of nitrogens with zero attached hydrogens (tertiary/aromatic N) is 3. The third-order valence-electron chi connectivity index (χ3n) is 6.41. The number of carbonyl (C=O) groups excluding carboxylic acids is 1. The quantitative estimate of drug-likeness (QED) is 0.411. The molecule has 1 aliphatic rings. The van der Waals surface area contributed by atoms with E-state index < -0.39 is 5.92 Å². The van der Waals surface area contributed by atoms with Crippen molar-refractivity contribution in [3.63, 3.8) is 0 Å². The Morgan fingerprint density at radius 1 is 0.944 bits per heavy atom. The molecule has 0 atom stereocenters. The van der Waals surface area contributed by atoms with Gasteiger partial charge in [-0.1, -0.05) is 49.0 Å². The van der Waals surface area contributed by atoms with Crippen molar-refractivity contribution in [1.29, 1.82) is 0 Å². The summed E-state index contributed by atoms with van der Waals surface area (Å²) in [6, 6.07) is 20.2. The number of piperazine rings is 1. The molecule has 1 N–H and O–H groups in total. The Labute approximate surface area is 206 Å². The van der Waals surface area contributed by atoms with E-state index in [0.717, 1.165) is 0 Å². The van der Waals surface area contributed by atoms with Crippen molar-refractivity contribution in [3.05, 3.63) is 107 Å². The number of para-hydroxylation sites is 1. The van der Waals surface area contributed by atoms with Gasteiger partial charge in [0.05, 0.1) is 10.9 Å². The van der Waals surface area contributed by atoms with Crippen LogP contribution in [0.2, 0.25) is 0 Å². The molecule has 1 saturated heterocycles. The van der Waals surface area contributed by atoms with Crippen molar-refractivity contribution in [1.82, 2.24) is 14.9 Å². The second-order valence-corrected chi connectivity index (χ2v) is 8.67. The lowest BCUT2D eigenvalue weighted by Crippen LogP contribution is -2.49. The molecule has 1 fully saturated rings. The summed E-state index contributed by atoms with van der Waals surface area (Å²) in [6.45, 7) is 5.17. The van der Waals surface area contributed by atoms with Crippen molar-refractivity contribution < 1.29 is 13.6 Å². The van der Waals surface area contributed by atoms with Gasteiger partial charge in [-0.3, -0.25) is 14.6 Å². The monoisotopic (exact) mass is 486 g/mol. The summed E-state index contributed by atoms with van der Waals surface area (Å²) in [4.78, 5) is 36.7. The number of halogens is 2. The first-order valence-electron chi connectivity index (χ1n) is 11.6. The predicted molar refractivity (Wildman–Crippen MR) is 136 cm³/mol. The summed E-state index contributed by atoms with van der Waals surface area (Å²) >= 11 is 0. The van der Waals surface area contributed by atoms with Crippen LogP contribution in [0.3, 0.4) is 0 Å². The molecule has 1 amide bonds. The van der Waals surface area contributed by atoms with E-state index >= 15 is 0 Å². The van der Waals surface area contributed by atoms with Crippen LogP contribution in [0.4, 0.5) is 14.7 Å². The van der Waals surface area contributed by atoms with Gasteiger partial charge in [0.2, 0.25) is 5.95 Å². The maximum atomic E-state index is 14.1. The molecule has 0 radical (unpaired) electrons. The van der Waals surface area contributed by atoms with Gasteiger partial charge in [0, 0.05) is 37.3 Å². The minimum atomic E-state index is -3.13. The van der Waals surface area contributed by atoms with Crippen molar-refractivity contribution in [2.24, 2.45) is 0 Å². The number of fused-ring (bicyclic) bond motifs is 1. The number of allylic oxidation sites excluding steroid dienone is 1. The highest BCUT2D eigenvalue weighted by Crippen LogP contribution is 2.32. The van der Waals surface area contributed by atoms with E-state index in [4.69, 9.17) is 0 Å². The summed E-state index contributed by atoms with van der Waals surface area (Å²) in [7, 11) is 0. The maximum absolute atomic E-state index is 14.1. The zero-order chi connectivity index (χ0) is 25.3. The molecule has 6 nitrogen and oxygen atoms in total.